The molecule has 0 spiro atoms. The third-order valence-electron chi connectivity index (χ3n) is 2.91. The molecular formula is C12H12O5. The van der Waals surface area contributed by atoms with Gasteiger partial charge in [-0.2, -0.15) is 0 Å². The smallest absolute Gasteiger partial charge is 0.351 e. The Labute approximate surface area is 97.9 Å². The van der Waals surface area contributed by atoms with Gasteiger partial charge in [0.1, 0.15) is 12.2 Å². The Balaban J connectivity index is 1.76. The summed E-state index contributed by atoms with van der Waals surface area (Å²) >= 11 is 0. The second kappa shape index (κ2) is 4.10. The zero-order valence-corrected chi connectivity index (χ0v) is 8.98. The van der Waals surface area contributed by atoms with Crippen molar-refractivity contribution >= 4 is 5.97 Å². The van der Waals surface area contributed by atoms with Crippen molar-refractivity contribution in [2.24, 2.45) is 0 Å². The maximum Gasteiger partial charge on any atom is 0.351 e. The summed E-state index contributed by atoms with van der Waals surface area (Å²) in [6, 6.07) is 9.39. The van der Waals surface area contributed by atoms with Gasteiger partial charge in [0, 0.05) is 5.56 Å². The summed E-state index contributed by atoms with van der Waals surface area (Å²) in [6.07, 6.45) is -2.16. The normalized spacial score (nSPS) is 35.7. The quantitative estimate of drug-likeness (QED) is 0.769. The van der Waals surface area contributed by atoms with Crippen molar-refractivity contribution in [2.45, 2.75) is 24.6 Å². The number of hydrogen-bond acceptors (Lipinski definition) is 5. The molecule has 2 heterocycles. The number of rotatable bonds is 3. The van der Waals surface area contributed by atoms with Gasteiger partial charge in [0.05, 0.1) is 6.61 Å². The molecule has 5 nitrogen and oxygen atoms in total. The molecule has 2 aliphatic rings. The van der Waals surface area contributed by atoms with Crippen LogP contribution in [-0.4, -0.2) is 36.0 Å². The molecule has 1 N–H and O–H groups in total. The largest absolute Gasteiger partial charge is 0.445 e. The lowest BCUT2D eigenvalue weighted by molar-refractivity contribution is -0.117. The molecule has 17 heavy (non-hydrogen) atoms. The number of aliphatic hydroxyl groups is 1. The van der Waals surface area contributed by atoms with Gasteiger partial charge in [0.25, 0.3) is 0 Å². The Kier molecular flexibility index (Phi) is 2.58. The van der Waals surface area contributed by atoms with E-state index in [9.17, 15) is 9.90 Å². The van der Waals surface area contributed by atoms with Gasteiger partial charge in [-0.1, -0.05) is 30.3 Å². The Bertz CT molecular complexity index is 418. The highest BCUT2D eigenvalue weighted by Crippen LogP contribution is 2.36. The minimum Gasteiger partial charge on any atom is -0.445 e. The first-order valence-corrected chi connectivity index (χ1v) is 5.47. The third kappa shape index (κ3) is 1.93. The maximum absolute atomic E-state index is 10.9. The van der Waals surface area contributed by atoms with Crippen molar-refractivity contribution < 1.29 is 24.1 Å². The first-order valence-electron chi connectivity index (χ1n) is 5.47. The van der Waals surface area contributed by atoms with Crippen molar-refractivity contribution in [2.75, 3.05) is 6.61 Å². The fourth-order valence-electron chi connectivity index (χ4n) is 1.97. The number of epoxide rings is 1. The van der Waals surface area contributed by atoms with Crippen LogP contribution in [0.25, 0.3) is 0 Å². The van der Waals surface area contributed by atoms with Gasteiger partial charge in [0.15, 0.2) is 6.29 Å². The van der Waals surface area contributed by atoms with E-state index in [1.807, 2.05) is 30.3 Å². The van der Waals surface area contributed by atoms with Gasteiger partial charge in [-0.3, -0.25) is 0 Å². The predicted molar refractivity (Wildman–Crippen MR) is 55.9 cm³/mol. The number of carbonyl (C=O) groups is 1. The average Bonchev–Trinajstić information content (AvgIpc) is 2.94. The fraction of sp³-hybridized carbons (Fsp3) is 0.417. The predicted octanol–water partition coefficient (Wildman–Crippen LogP) is 0.387. The lowest BCUT2D eigenvalue weighted by Gasteiger charge is -2.09. The number of ether oxygens (including phenoxy) is 3. The van der Waals surface area contributed by atoms with Crippen LogP contribution < -0.4 is 0 Å². The summed E-state index contributed by atoms with van der Waals surface area (Å²) in [7, 11) is 0. The molecule has 5 heteroatoms. The zero-order valence-electron chi connectivity index (χ0n) is 8.98. The van der Waals surface area contributed by atoms with E-state index in [1.165, 1.54) is 0 Å². The first kappa shape index (κ1) is 10.7. The maximum atomic E-state index is 10.9. The summed E-state index contributed by atoms with van der Waals surface area (Å²) < 4.78 is 15.9. The molecule has 2 saturated heterocycles. The van der Waals surface area contributed by atoms with Crippen molar-refractivity contribution in [3.63, 3.8) is 0 Å². The lowest BCUT2D eigenvalue weighted by Crippen LogP contribution is -2.31. The first-order chi connectivity index (χ1) is 8.29. The van der Waals surface area contributed by atoms with Gasteiger partial charge in [-0.15, -0.1) is 0 Å². The SMILES string of the molecule is O=C1O[C@@H]1[C@@H]1O[C@H](c2ccccc2)O[C@@H]1CO. The van der Waals surface area contributed by atoms with Crippen LogP contribution in [-0.2, 0) is 19.0 Å². The number of aliphatic hydroxyl groups excluding tert-OH is 1. The van der Waals surface area contributed by atoms with Gasteiger partial charge in [0.2, 0.25) is 6.10 Å². The Morgan fingerprint density at radius 1 is 1.18 bits per heavy atom. The van der Waals surface area contributed by atoms with Crippen LogP contribution in [0.15, 0.2) is 30.3 Å². The van der Waals surface area contributed by atoms with Crippen LogP contribution in [0.5, 0.6) is 0 Å². The monoisotopic (exact) mass is 236 g/mol. The molecule has 90 valence electrons. The van der Waals surface area contributed by atoms with Crippen molar-refractivity contribution in [3.05, 3.63) is 35.9 Å². The number of benzene rings is 1. The molecule has 0 bridgehead atoms. The molecule has 0 unspecified atom stereocenters. The Morgan fingerprint density at radius 2 is 1.88 bits per heavy atom. The molecule has 3 rings (SSSR count). The number of cyclic esters (lactones) is 1. The van der Waals surface area contributed by atoms with Crippen molar-refractivity contribution in [1.82, 2.24) is 0 Å². The summed E-state index contributed by atoms with van der Waals surface area (Å²) in [5.74, 6) is -0.300. The van der Waals surface area contributed by atoms with E-state index in [4.69, 9.17) is 14.2 Å². The van der Waals surface area contributed by atoms with E-state index in [0.717, 1.165) is 5.56 Å². The molecule has 0 aliphatic carbocycles. The highest BCUT2D eigenvalue weighted by molar-refractivity contribution is 5.88. The zero-order chi connectivity index (χ0) is 11.8. The minimum absolute atomic E-state index is 0.193. The highest BCUT2D eigenvalue weighted by atomic mass is 16.8. The van der Waals surface area contributed by atoms with Crippen molar-refractivity contribution in [3.8, 4) is 0 Å². The molecule has 0 aromatic heterocycles. The van der Waals surface area contributed by atoms with Gasteiger partial charge in [-0.05, 0) is 0 Å². The number of hydrogen-bond donors (Lipinski definition) is 1. The van der Waals surface area contributed by atoms with E-state index >= 15 is 0 Å². The molecule has 1 aromatic carbocycles. The van der Waals surface area contributed by atoms with Crippen LogP contribution in [0.4, 0.5) is 0 Å². The topological polar surface area (TPSA) is 68.3 Å². The van der Waals surface area contributed by atoms with E-state index in [-0.39, 0.29) is 12.6 Å². The molecular weight excluding hydrogens is 224 g/mol. The van der Waals surface area contributed by atoms with E-state index in [1.54, 1.807) is 0 Å². The molecule has 0 radical (unpaired) electrons. The summed E-state index contributed by atoms with van der Waals surface area (Å²) in [6.45, 7) is -0.193. The molecule has 2 aliphatic heterocycles. The second-order valence-corrected chi connectivity index (χ2v) is 4.06. The van der Waals surface area contributed by atoms with Crippen LogP contribution in [0.2, 0.25) is 0 Å². The molecule has 2 fully saturated rings. The fourth-order valence-corrected chi connectivity index (χ4v) is 1.97. The Hall–Kier alpha value is -1.43. The summed E-state index contributed by atoms with van der Waals surface area (Å²) in [4.78, 5) is 10.9. The van der Waals surface area contributed by atoms with Crippen LogP contribution in [0, 0.1) is 0 Å². The standard InChI is InChI=1S/C12H12O5/c13-6-8-9(10-11(14)16-10)17-12(15-8)7-4-2-1-3-5-7/h1-5,8-10,12-13H,6H2/t8-,9-,10-,12-/m1/s1. The van der Waals surface area contributed by atoms with E-state index < -0.39 is 24.6 Å². The molecule has 1 aromatic rings. The second-order valence-electron chi connectivity index (χ2n) is 4.06. The summed E-state index contributed by atoms with van der Waals surface area (Å²) in [5, 5.41) is 9.19. The van der Waals surface area contributed by atoms with Gasteiger partial charge >= 0.3 is 5.97 Å². The highest BCUT2D eigenvalue weighted by Gasteiger charge is 2.54. The van der Waals surface area contributed by atoms with Gasteiger partial charge < -0.3 is 19.3 Å². The summed E-state index contributed by atoms with van der Waals surface area (Å²) in [5.41, 5.74) is 0.863. The molecule has 0 saturated carbocycles. The minimum atomic E-state index is -0.583. The third-order valence-corrected chi connectivity index (χ3v) is 2.91. The van der Waals surface area contributed by atoms with E-state index in [2.05, 4.69) is 0 Å². The van der Waals surface area contributed by atoms with Gasteiger partial charge in [-0.25, -0.2) is 4.79 Å². The van der Waals surface area contributed by atoms with Crippen molar-refractivity contribution in [1.29, 1.82) is 0 Å². The van der Waals surface area contributed by atoms with Crippen LogP contribution in [0.1, 0.15) is 11.9 Å². The lowest BCUT2D eigenvalue weighted by atomic mass is 10.1. The average molecular weight is 236 g/mol. The van der Waals surface area contributed by atoms with Crippen LogP contribution >= 0.6 is 0 Å². The number of carbonyl (C=O) groups excluding carboxylic acids is 1. The molecule has 4 atom stereocenters. The molecule has 0 amide bonds. The van der Waals surface area contributed by atoms with Crippen LogP contribution in [0.3, 0.4) is 0 Å². The Morgan fingerprint density at radius 3 is 2.47 bits per heavy atom. The van der Waals surface area contributed by atoms with E-state index in [0.29, 0.717) is 0 Å².